The van der Waals surface area contributed by atoms with Gasteiger partial charge in [-0.15, -0.1) is 0 Å². The van der Waals surface area contributed by atoms with Crippen LogP contribution in [0.25, 0.3) is 0 Å². The number of nitrogens with zero attached hydrogens (tertiary/aromatic N) is 1. The molecular weight excluding hydrogens is 338 g/mol. The van der Waals surface area contributed by atoms with Gasteiger partial charge in [-0.2, -0.15) is 0 Å². The third kappa shape index (κ3) is 3.75. The van der Waals surface area contributed by atoms with E-state index in [1.807, 2.05) is 12.1 Å². The minimum atomic E-state index is -0.932. The molecule has 1 atom stereocenters. The maximum Gasteiger partial charge on any atom is 0.335 e. The van der Waals surface area contributed by atoms with E-state index in [1.54, 1.807) is 12.1 Å². The molecule has 140 valence electrons. The highest BCUT2D eigenvalue weighted by molar-refractivity contribution is 5.89. The molecule has 2 aliphatic carbocycles. The second kappa shape index (κ2) is 7.55. The van der Waals surface area contributed by atoms with Crippen molar-refractivity contribution in [2.45, 2.75) is 57.0 Å². The van der Waals surface area contributed by atoms with Gasteiger partial charge in [-0.3, -0.25) is 4.79 Å². The number of hydrogen-bond donors (Lipinski definition) is 1. The Kier molecular flexibility index (Phi) is 4.97. The molecule has 4 heteroatoms. The normalized spacial score (nSPS) is 18.6. The summed E-state index contributed by atoms with van der Waals surface area (Å²) >= 11 is 0. The number of aromatic carboxylic acids is 1. The first-order valence-electron chi connectivity index (χ1n) is 9.85. The van der Waals surface area contributed by atoms with Crippen molar-refractivity contribution in [1.82, 2.24) is 4.90 Å². The number of carboxylic acid groups (broad SMARTS) is 1. The highest BCUT2D eigenvalue weighted by Gasteiger charge is 2.39. The first kappa shape index (κ1) is 17.8. The van der Waals surface area contributed by atoms with Crippen LogP contribution in [0.1, 0.15) is 65.2 Å². The van der Waals surface area contributed by atoms with Gasteiger partial charge in [0.25, 0.3) is 0 Å². The Morgan fingerprint density at radius 3 is 2.52 bits per heavy atom. The summed E-state index contributed by atoms with van der Waals surface area (Å²) in [5, 5.41) is 9.36. The van der Waals surface area contributed by atoms with Crippen molar-refractivity contribution in [2.24, 2.45) is 0 Å². The Balaban J connectivity index is 1.53. The summed E-state index contributed by atoms with van der Waals surface area (Å²) in [4.78, 5) is 26.7. The molecule has 0 bridgehead atoms. The summed E-state index contributed by atoms with van der Waals surface area (Å²) in [6, 6.07) is 16.0. The largest absolute Gasteiger partial charge is 0.478 e. The predicted molar refractivity (Wildman–Crippen MR) is 104 cm³/mol. The van der Waals surface area contributed by atoms with Crippen LogP contribution in [0, 0.1) is 0 Å². The summed E-state index contributed by atoms with van der Waals surface area (Å²) in [6.45, 7) is 0. The van der Waals surface area contributed by atoms with Crippen LogP contribution in [-0.4, -0.2) is 27.9 Å². The Bertz CT molecular complexity index is 856. The smallest absolute Gasteiger partial charge is 0.335 e. The van der Waals surface area contributed by atoms with Crippen LogP contribution in [0.4, 0.5) is 0 Å². The average Bonchev–Trinajstić information content (AvgIpc) is 3.52. The predicted octanol–water partition coefficient (Wildman–Crippen LogP) is 4.39. The molecule has 1 unspecified atom stereocenters. The Labute approximate surface area is 159 Å². The van der Waals surface area contributed by atoms with Gasteiger partial charge >= 0.3 is 5.97 Å². The number of fused-ring (bicyclic) bond motifs is 1. The average molecular weight is 363 g/mol. The van der Waals surface area contributed by atoms with Crippen LogP contribution in [0.3, 0.4) is 0 Å². The van der Waals surface area contributed by atoms with Crippen LogP contribution in [0.2, 0.25) is 0 Å². The topological polar surface area (TPSA) is 57.6 Å². The van der Waals surface area contributed by atoms with Gasteiger partial charge in [0.2, 0.25) is 5.91 Å². The lowest BCUT2D eigenvalue weighted by Crippen LogP contribution is -2.38. The zero-order chi connectivity index (χ0) is 18.8. The first-order valence-corrected chi connectivity index (χ1v) is 9.85. The van der Waals surface area contributed by atoms with Crippen LogP contribution >= 0.6 is 0 Å². The van der Waals surface area contributed by atoms with Crippen LogP contribution < -0.4 is 0 Å². The van der Waals surface area contributed by atoms with E-state index >= 15 is 0 Å². The molecule has 27 heavy (non-hydrogen) atoms. The molecule has 0 radical (unpaired) electrons. The summed E-state index contributed by atoms with van der Waals surface area (Å²) in [6.07, 6.45) is 6.21. The van der Waals surface area contributed by atoms with Crippen LogP contribution in [-0.2, 0) is 17.6 Å². The van der Waals surface area contributed by atoms with Gasteiger partial charge < -0.3 is 10.0 Å². The second-order valence-electron chi connectivity index (χ2n) is 7.60. The van der Waals surface area contributed by atoms with Crippen LogP contribution in [0.15, 0.2) is 48.5 Å². The Hall–Kier alpha value is -2.62. The molecular formula is C23H25NO3. The SMILES string of the molecule is O=C(O)c1ccccc1CCC(=O)N(C1CC1)C1CCCc2ccccc21. The zero-order valence-corrected chi connectivity index (χ0v) is 15.4. The molecule has 2 aliphatic rings. The van der Waals surface area contributed by atoms with Crippen molar-refractivity contribution in [3.8, 4) is 0 Å². The molecule has 0 spiro atoms. The van der Waals surface area contributed by atoms with Crippen molar-refractivity contribution in [3.05, 3.63) is 70.8 Å². The molecule has 0 aliphatic heterocycles. The van der Waals surface area contributed by atoms with Crippen molar-refractivity contribution in [3.63, 3.8) is 0 Å². The van der Waals surface area contributed by atoms with E-state index in [0.717, 1.165) is 37.7 Å². The Morgan fingerprint density at radius 1 is 1.00 bits per heavy atom. The summed E-state index contributed by atoms with van der Waals surface area (Å²) in [5.41, 5.74) is 3.70. The van der Waals surface area contributed by atoms with Gasteiger partial charge in [0.15, 0.2) is 0 Å². The monoisotopic (exact) mass is 363 g/mol. The van der Waals surface area contributed by atoms with Gasteiger partial charge in [0.05, 0.1) is 11.6 Å². The molecule has 0 aromatic heterocycles. The number of carbonyl (C=O) groups excluding carboxylic acids is 1. The van der Waals surface area contributed by atoms with Crippen LogP contribution in [0.5, 0.6) is 0 Å². The fraction of sp³-hybridized carbons (Fsp3) is 0.391. The Morgan fingerprint density at radius 2 is 1.74 bits per heavy atom. The number of carbonyl (C=O) groups is 2. The van der Waals surface area contributed by atoms with Crippen molar-refractivity contribution in [1.29, 1.82) is 0 Å². The van der Waals surface area contributed by atoms with Gasteiger partial charge in [0, 0.05) is 12.5 Å². The lowest BCUT2D eigenvalue weighted by molar-refractivity contribution is -0.134. The second-order valence-corrected chi connectivity index (χ2v) is 7.60. The molecule has 1 saturated carbocycles. The highest BCUT2D eigenvalue weighted by atomic mass is 16.4. The number of hydrogen-bond acceptors (Lipinski definition) is 2. The fourth-order valence-corrected chi connectivity index (χ4v) is 4.32. The highest BCUT2D eigenvalue weighted by Crippen LogP contribution is 2.41. The van der Waals surface area contributed by atoms with Crippen molar-refractivity contribution >= 4 is 11.9 Å². The standard InChI is InChI=1S/C23H25NO3/c25-22(15-12-17-7-2-4-10-20(17)23(26)27)24(18-13-14-18)21-11-5-8-16-6-1-3-9-19(16)21/h1-4,6-7,9-10,18,21H,5,8,11-15H2,(H,26,27). The lowest BCUT2D eigenvalue weighted by Gasteiger charge is -2.36. The minimum Gasteiger partial charge on any atom is -0.478 e. The summed E-state index contributed by atoms with van der Waals surface area (Å²) < 4.78 is 0. The molecule has 2 aromatic rings. The molecule has 2 aromatic carbocycles. The summed E-state index contributed by atoms with van der Waals surface area (Å²) in [7, 11) is 0. The fourth-order valence-electron chi connectivity index (χ4n) is 4.32. The van der Waals surface area contributed by atoms with E-state index in [2.05, 4.69) is 29.2 Å². The maximum atomic E-state index is 13.2. The minimum absolute atomic E-state index is 0.152. The number of rotatable bonds is 6. The molecule has 0 heterocycles. The molecule has 4 nitrogen and oxygen atoms in total. The molecule has 0 saturated heterocycles. The van der Waals surface area contributed by atoms with Crippen molar-refractivity contribution in [2.75, 3.05) is 0 Å². The number of carboxylic acids is 1. The van der Waals surface area contributed by atoms with Gasteiger partial charge in [-0.05, 0) is 61.3 Å². The van der Waals surface area contributed by atoms with Crippen molar-refractivity contribution < 1.29 is 14.7 Å². The van der Waals surface area contributed by atoms with E-state index in [-0.39, 0.29) is 11.9 Å². The lowest BCUT2D eigenvalue weighted by atomic mass is 9.86. The third-order valence-electron chi connectivity index (χ3n) is 5.76. The van der Waals surface area contributed by atoms with E-state index in [1.165, 1.54) is 11.1 Å². The first-order chi connectivity index (χ1) is 13.1. The van der Waals surface area contributed by atoms with E-state index < -0.39 is 5.97 Å². The van der Waals surface area contributed by atoms with Gasteiger partial charge in [0.1, 0.15) is 0 Å². The molecule has 1 N–H and O–H groups in total. The maximum absolute atomic E-state index is 13.2. The molecule has 4 rings (SSSR count). The molecule has 1 amide bonds. The van der Waals surface area contributed by atoms with Gasteiger partial charge in [-0.25, -0.2) is 4.79 Å². The summed E-state index contributed by atoms with van der Waals surface area (Å²) in [5.74, 6) is -0.780. The van der Waals surface area contributed by atoms with E-state index in [4.69, 9.17) is 0 Å². The number of aryl methyl sites for hydroxylation is 2. The van der Waals surface area contributed by atoms with E-state index in [9.17, 15) is 14.7 Å². The van der Waals surface area contributed by atoms with E-state index in [0.29, 0.717) is 24.4 Å². The molecule has 1 fully saturated rings. The number of amides is 1. The number of benzene rings is 2. The van der Waals surface area contributed by atoms with Gasteiger partial charge in [-0.1, -0.05) is 42.5 Å². The third-order valence-corrected chi connectivity index (χ3v) is 5.76. The zero-order valence-electron chi connectivity index (χ0n) is 15.4. The quantitative estimate of drug-likeness (QED) is 0.828.